The largest absolute Gasteiger partial charge is 0.469 e. The van der Waals surface area contributed by atoms with Crippen molar-refractivity contribution in [3.63, 3.8) is 0 Å². The van der Waals surface area contributed by atoms with E-state index in [1.807, 2.05) is 6.20 Å². The van der Waals surface area contributed by atoms with Gasteiger partial charge in [0.1, 0.15) is 0 Å². The number of hydrogen-bond acceptors (Lipinski definition) is 6. The second-order valence-corrected chi connectivity index (χ2v) is 8.92. The third kappa shape index (κ3) is 3.57. The number of amides is 2. The molecule has 0 radical (unpaired) electrons. The van der Waals surface area contributed by atoms with Gasteiger partial charge >= 0.3 is 12.0 Å². The van der Waals surface area contributed by atoms with Crippen LogP contribution in [0.4, 0.5) is 9.93 Å². The molecule has 27 heavy (non-hydrogen) atoms. The third-order valence-electron chi connectivity index (χ3n) is 6.36. The Kier molecular flexibility index (Phi) is 5.36. The van der Waals surface area contributed by atoms with Crippen molar-refractivity contribution in [1.29, 1.82) is 0 Å². The van der Waals surface area contributed by atoms with Crippen LogP contribution in [-0.4, -0.2) is 55.3 Å². The van der Waals surface area contributed by atoms with E-state index in [0.717, 1.165) is 51.7 Å². The van der Waals surface area contributed by atoms with Crippen molar-refractivity contribution in [2.24, 2.45) is 11.3 Å². The number of thiazole rings is 1. The summed E-state index contributed by atoms with van der Waals surface area (Å²) in [5, 5.41) is 3.57. The highest BCUT2D eigenvalue weighted by atomic mass is 32.1. The summed E-state index contributed by atoms with van der Waals surface area (Å²) in [6.07, 6.45) is 7.79. The van der Waals surface area contributed by atoms with Gasteiger partial charge in [0.2, 0.25) is 0 Å². The number of likely N-dealkylation sites (tertiary alicyclic amines) is 1. The molecule has 3 fully saturated rings. The van der Waals surface area contributed by atoms with Gasteiger partial charge in [-0.05, 0) is 37.5 Å². The Morgan fingerprint density at radius 1 is 1.33 bits per heavy atom. The van der Waals surface area contributed by atoms with E-state index < -0.39 is 5.41 Å². The minimum Gasteiger partial charge on any atom is -0.469 e. The number of nitrogens with zero attached hydrogens (tertiary/aromatic N) is 2. The minimum atomic E-state index is -0.527. The highest BCUT2D eigenvalue weighted by Crippen LogP contribution is 2.47. The lowest BCUT2D eigenvalue weighted by molar-refractivity contribution is -0.156. The number of aromatic nitrogens is 1. The topological polar surface area (TPSA) is 80.8 Å². The van der Waals surface area contributed by atoms with Crippen molar-refractivity contribution >= 4 is 28.5 Å². The van der Waals surface area contributed by atoms with Crippen LogP contribution >= 0.6 is 11.3 Å². The predicted octanol–water partition coefficient (Wildman–Crippen LogP) is 3.23. The number of anilines is 1. The van der Waals surface area contributed by atoms with Crippen LogP contribution < -0.4 is 5.32 Å². The summed E-state index contributed by atoms with van der Waals surface area (Å²) in [4.78, 5) is 32.6. The number of methoxy groups -OCH3 is 1. The Morgan fingerprint density at radius 3 is 2.93 bits per heavy atom. The molecule has 1 aromatic rings. The van der Waals surface area contributed by atoms with Crippen molar-refractivity contribution in [3.8, 4) is 0 Å². The SMILES string of the molecule is COC(=O)[C@@]12CCCC[C@@H]1CN(C(=O)Nc1ncc(C3CCOCC3)s1)C2. The standard InChI is InChI=1S/C19H27N3O4S/c1-25-16(23)19-7-3-2-4-14(19)11-22(12-19)18(24)21-17-20-10-15(27-17)13-5-8-26-9-6-13/h10,13-14H,2-9,11-12H2,1H3,(H,20,21,24)/t14-,19-/m1/s1. The maximum atomic E-state index is 12.8. The third-order valence-corrected chi connectivity index (χ3v) is 7.44. The number of rotatable bonds is 3. The molecule has 1 N–H and O–H groups in total. The molecule has 2 saturated heterocycles. The van der Waals surface area contributed by atoms with E-state index in [9.17, 15) is 9.59 Å². The van der Waals surface area contributed by atoms with Crippen LogP contribution in [0.2, 0.25) is 0 Å². The van der Waals surface area contributed by atoms with Crippen LogP contribution in [0.15, 0.2) is 6.20 Å². The second-order valence-electron chi connectivity index (χ2n) is 7.86. The van der Waals surface area contributed by atoms with Crippen LogP contribution in [0.5, 0.6) is 0 Å². The molecule has 2 amide bonds. The zero-order valence-electron chi connectivity index (χ0n) is 15.7. The lowest BCUT2D eigenvalue weighted by Gasteiger charge is -2.35. The van der Waals surface area contributed by atoms with Crippen LogP contribution in [-0.2, 0) is 14.3 Å². The van der Waals surface area contributed by atoms with Gasteiger partial charge in [0.05, 0.1) is 12.5 Å². The first-order chi connectivity index (χ1) is 13.1. The van der Waals surface area contributed by atoms with Gasteiger partial charge in [-0.15, -0.1) is 11.3 Å². The van der Waals surface area contributed by atoms with Crippen LogP contribution in [0.25, 0.3) is 0 Å². The number of carbonyl (C=O) groups excluding carboxylic acids is 2. The van der Waals surface area contributed by atoms with Gasteiger partial charge < -0.3 is 14.4 Å². The molecule has 4 rings (SSSR count). The molecule has 1 saturated carbocycles. The molecular formula is C19H27N3O4S. The van der Waals surface area contributed by atoms with Crippen LogP contribution in [0.1, 0.15) is 49.3 Å². The Balaban J connectivity index is 1.41. The van der Waals surface area contributed by atoms with Crippen LogP contribution in [0.3, 0.4) is 0 Å². The van der Waals surface area contributed by atoms with E-state index in [1.54, 1.807) is 16.2 Å². The normalized spacial score (nSPS) is 28.6. The number of carbonyl (C=O) groups is 2. The van der Waals surface area contributed by atoms with E-state index >= 15 is 0 Å². The van der Waals surface area contributed by atoms with E-state index in [2.05, 4.69) is 10.3 Å². The first-order valence-corrected chi connectivity index (χ1v) is 10.6. The lowest BCUT2D eigenvalue weighted by atomic mass is 9.68. The van der Waals surface area contributed by atoms with Gasteiger partial charge in [-0.1, -0.05) is 12.8 Å². The molecule has 0 bridgehead atoms. The highest BCUT2D eigenvalue weighted by Gasteiger charge is 2.54. The monoisotopic (exact) mass is 393 g/mol. The fourth-order valence-electron chi connectivity index (χ4n) is 4.83. The van der Waals surface area contributed by atoms with Crippen molar-refractivity contribution in [2.75, 3.05) is 38.7 Å². The number of fused-ring (bicyclic) bond motifs is 1. The van der Waals surface area contributed by atoms with E-state index in [1.165, 1.54) is 12.0 Å². The van der Waals surface area contributed by atoms with E-state index in [4.69, 9.17) is 9.47 Å². The molecule has 3 aliphatic rings. The van der Waals surface area contributed by atoms with Crippen molar-refractivity contribution in [1.82, 2.24) is 9.88 Å². The Labute approximate surface area is 163 Å². The Morgan fingerprint density at radius 2 is 2.15 bits per heavy atom. The number of esters is 1. The summed E-state index contributed by atoms with van der Waals surface area (Å²) in [6, 6.07) is -0.166. The summed E-state index contributed by atoms with van der Waals surface area (Å²) >= 11 is 1.54. The highest BCUT2D eigenvalue weighted by molar-refractivity contribution is 7.15. The molecule has 0 spiro atoms. The van der Waals surface area contributed by atoms with Crippen LogP contribution in [0, 0.1) is 11.3 Å². The van der Waals surface area contributed by atoms with Gasteiger partial charge in [0.25, 0.3) is 0 Å². The van der Waals surface area contributed by atoms with E-state index in [0.29, 0.717) is 24.1 Å². The zero-order chi connectivity index (χ0) is 18.9. The minimum absolute atomic E-state index is 0.166. The average molecular weight is 394 g/mol. The maximum Gasteiger partial charge on any atom is 0.323 e. The Hall–Kier alpha value is -1.67. The number of hydrogen-bond donors (Lipinski definition) is 1. The fraction of sp³-hybridized carbons (Fsp3) is 0.737. The van der Waals surface area contributed by atoms with Gasteiger partial charge in [0, 0.05) is 37.4 Å². The summed E-state index contributed by atoms with van der Waals surface area (Å²) in [7, 11) is 1.44. The van der Waals surface area contributed by atoms with Gasteiger partial charge in [-0.3, -0.25) is 10.1 Å². The second kappa shape index (κ2) is 7.75. The number of ether oxygens (including phenoxy) is 2. The average Bonchev–Trinajstić information content (AvgIpc) is 3.33. The zero-order valence-corrected chi connectivity index (χ0v) is 16.6. The lowest BCUT2D eigenvalue weighted by Crippen LogP contribution is -2.42. The van der Waals surface area contributed by atoms with Gasteiger partial charge in [0.15, 0.2) is 5.13 Å². The number of urea groups is 1. The molecule has 2 atom stereocenters. The predicted molar refractivity (Wildman–Crippen MR) is 102 cm³/mol. The smallest absolute Gasteiger partial charge is 0.323 e. The summed E-state index contributed by atoms with van der Waals surface area (Å²) in [6.45, 7) is 2.62. The summed E-state index contributed by atoms with van der Waals surface area (Å²) < 4.78 is 10.5. The summed E-state index contributed by atoms with van der Waals surface area (Å²) in [5.74, 6) is 0.497. The Bertz CT molecular complexity index is 703. The van der Waals surface area contributed by atoms with Crippen molar-refractivity contribution < 1.29 is 19.1 Å². The van der Waals surface area contributed by atoms with E-state index in [-0.39, 0.29) is 17.9 Å². The quantitative estimate of drug-likeness (QED) is 0.798. The molecule has 0 unspecified atom stereocenters. The van der Waals surface area contributed by atoms with Gasteiger partial charge in [-0.25, -0.2) is 9.78 Å². The first-order valence-electron chi connectivity index (χ1n) is 9.80. The molecule has 0 aromatic carbocycles. The molecule has 2 aliphatic heterocycles. The summed E-state index contributed by atoms with van der Waals surface area (Å²) in [5.41, 5.74) is -0.527. The molecule has 8 heteroatoms. The molecule has 1 aromatic heterocycles. The first kappa shape index (κ1) is 18.7. The number of nitrogens with one attached hydrogen (secondary N) is 1. The molecule has 7 nitrogen and oxygen atoms in total. The molecule has 1 aliphatic carbocycles. The molecule has 3 heterocycles. The fourth-order valence-corrected chi connectivity index (χ4v) is 5.81. The molecular weight excluding hydrogens is 366 g/mol. The van der Waals surface area contributed by atoms with Crippen molar-refractivity contribution in [2.45, 2.75) is 44.4 Å². The van der Waals surface area contributed by atoms with Crippen molar-refractivity contribution in [3.05, 3.63) is 11.1 Å². The molecule has 148 valence electrons. The maximum absolute atomic E-state index is 12.8. The van der Waals surface area contributed by atoms with Gasteiger partial charge in [-0.2, -0.15) is 0 Å².